The van der Waals surface area contributed by atoms with Crippen LogP contribution in [0.15, 0.2) is 0 Å². The van der Waals surface area contributed by atoms with Crippen LogP contribution in [0.1, 0.15) is 0 Å². The van der Waals surface area contributed by atoms with E-state index < -0.39 is 6.61 Å². The van der Waals surface area contributed by atoms with Gasteiger partial charge in [0.15, 0.2) is 0 Å². The standard InChI is InChI=1S/C6H12N2O3/c9-5-6(10)7-1-3-8(11)4-2-7/h9,11H,1-5H2. The van der Waals surface area contributed by atoms with Crippen molar-refractivity contribution in [2.75, 3.05) is 32.8 Å². The molecule has 0 aromatic carbocycles. The van der Waals surface area contributed by atoms with Gasteiger partial charge in [-0.2, -0.15) is 5.06 Å². The van der Waals surface area contributed by atoms with Crippen LogP contribution in [-0.4, -0.2) is 59.0 Å². The Labute approximate surface area is 64.8 Å². The van der Waals surface area contributed by atoms with E-state index in [9.17, 15) is 4.79 Å². The maximum Gasteiger partial charge on any atom is 0.248 e. The van der Waals surface area contributed by atoms with Gasteiger partial charge < -0.3 is 15.2 Å². The molecule has 0 atom stereocenters. The van der Waals surface area contributed by atoms with Crippen molar-refractivity contribution in [3.63, 3.8) is 0 Å². The first-order chi connectivity index (χ1) is 5.24. The van der Waals surface area contributed by atoms with Crippen molar-refractivity contribution in [3.05, 3.63) is 0 Å². The lowest BCUT2D eigenvalue weighted by Crippen LogP contribution is -2.48. The predicted molar refractivity (Wildman–Crippen MR) is 37.0 cm³/mol. The molecule has 1 saturated heterocycles. The highest BCUT2D eigenvalue weighted by Gasteiger charge is 2.18. The average Bonchev–Trinajstić information content (AvgIpc) is 2.05. The molecule has 1 rings (SSSR count). The third-order valence-electron chi connectivity index (χ3n) is 1.74. The maximum atomic E-state index is 10.8. The number of piperazine rings is 1. The van der Waals surface area contributed by atoms with E-state index >= 15 is 0 Å². The van der Waals surface area contributed by atoms with Crippen LogP contribution in [0, 0.1) is 0 Å². The summed E-state index contributed by atoms with van der Waals surface area (Å²) in [6.45, 7) is 1.48. The van der Waals surface area contributed by atoms with Gasteiger partial charge in [-0.15, -0.1) is 0 Å². The monoisotopic (exact) mass is 160 g/mol. The van der Waals surface area contributed by atoms with Gasteiger partial charge in [-0.25, -0.2) is 0 Å². The molecule has 1 heterocycles. The summed E-state index contributed by atoms with van der Waals surface area (Å²) in [6, 6.07) is 0. The molecule has 0 unspecified atom stereocenters. The molecular formula is C6H12N2O3. The van der Waals surface area contributed by atoms with Crippen LogP contribution >= 0.6 is 0 Å². The molecule has 0 radical (unpaired) electrons. The molecule has 11 heavy (non-hydrogen) atoms. The molecule has 0 spiro atoms. The highest BCUT2D eigenvalue weighted by molar-refractivity contribution is 5.77. The van der Waals surface area contributed by atoms with Crippen molar-refractivity contribution < 1.29 is 15.1 Å². The van der Waals surface area contributed by atoms with Crippen LogP contribution in [0.2, 0.25) is 0 Å². The average molecular weight is 160 g/mol. The van der Waals surface area contributed by atoms with Gasteiger partial charge in [0, 0.05) is 26.2 Å². The SMILES string of the molecule is O=C(CO)N1CCN(O)CC1. The molecule has 1 aliphatic heterocycles. The Morgan fingerprint density at radius 1 is 1.27 bits per heavy atom. The number of nitrogens with zero attached hydrogens (tertiary/aromatic N) is 2. The lowest BCUT2D eigenvalue weighted by atomic mass is 10.3. The van der Waals surface area contributed by atoms with Gasteiger partial charge in [0.1, 0.15) is 6.61 Å². The van der Waals surface area contributed by atoms with Gasteiger partial charge in [0.2, 0.25) is 5.91 Å². The molecular weight excluding hydrogens is 148 g/mol. The molecule has 64 valence electrons. The molecule has 5 heteroatoms. The van der Waals surface area contributed by atoms with E-state index in [0.717, 1.165) is 0 Å². The largest absolute Gasteiger partial charge is 0.387 e. The summed E-state index contributed by atoms with van der Waals surface area (Å²) >= 11 is 0. The Balaban J connectivity index is 2.33. The summed E-state index contributed by atoms with van der Waals surface area (Å²) in [5.74, 6) is -0.266. The molecule has 2 N–H and O–H groups in total. The van der Waals surface area contributed by atoms with Gasteiger partial charge in [0.05, 0.1) is 0 Å². The van der Waals surface area contributed by atoms with Crippen LogP contribution in [-0.2, 0) is 4.79 Å². The number of aliphatic hydroxyl groups is 1. The second kappa shape index (κ2) is 3.66. The van der Waals surface area contributed by atoms with E-state index in [1.54, 1.807) is 0 Å². The number of carbonyl (C=O) groups is 1. The van der Waals surface area contributed by atoms with Crippen molar-refractivity contribution in [1.82, 2.24) is 9.96 Å². The van der Waals surface area contributed by atoms with Gasteiger partial charge in [-0.05, 0) is 0 Å². The molecule has 1 fully saturated rings. The number of hydrogen-bond acceptors (Lipinski definition) is 4. The Bertz CT molecular complexity index is 143. The van der Waals surface area contributed by atoms with Crippen molar-refractivity contribution >= 4 is 5.91 Å². The second-order valence-corrected chi connectivity index (χ2v) is 2.49. The molecule has 5 nitrogen and oxygen atoms in total. The first kappa shape index (κ1) is 8.45. The summed E-state index contributed by atoms with van der Waals surface area (Å²) in [4.78, 5) is 12.4. The smallest absolute Gasteiger partial charge is 0.248 e. The van der Waals surface area contributed by atoms with Crippen molar-refractivity contribution in [2.24, 2.45) is 0 Å². The normalized spacial score (nSPS) is 20.4. The Hall–Kier alpha value is -0.650. The van der Waals surface area contributed by atoms with Crippen LogP contribution in [0.25, 0.3) is 0 Å². The van der Waals surface area contributed by atoms with Crippen molar-refractivity contribution in [3.8, 4) is 0 Å². The summed E-state index contributed by atoms with van der Waals surface area (Å²) < 4.78 is 0. The fourth-order valence-electron chi connectivity index (χ4n) is 1.05. The third kappa shape index (κ3) is 2.14. The van der Waals surface area contributed by atoms with E-state index in [4.69, 9.17) is 10.3 Å². The van der Waals surface area contributed by atoms with Crippen LogP contribution < -0.4 is 0 Å². The lowest BCUT2D eigenvalue weighted by Gasteiger charge is -2.30. The van der Waals surface area contributed by atoms with Gasteiger partial charge in [-0.3, -0.25) is 4.79 Å². The van der Waals surface area contributed by atoms with E-state index in [1.165, 1.54) is 9.96 Å². The molecule has 0 aliphatic carbocycles. The number of carbonyl (C=O) groups excluding carboxylic acids is 1. The maximum absolute atomic E-state index is 10.8. The van der Waals surface area contributed by atoms with Crippen LogP contribution in [0.4, 0.5) is 0 Å². The van der Waals surface area contributed by atoms with Crippen LogP contribution in [0.3, 0.4) is 0 Å². The minimum atomic E-state index is -0.439. The quantitative estimate of drug-likeness (QED) is 0.490. The molecule has 1 amide bonds. The first-order valence-electron chi connectivity index (χ1n) is 3.56. The number of aliphatic hydroxyl groups excluding tert-OH is 1. The third-order valence-corrected chi connectivity index (χ3v) is 1.74. The molecule has 0 aromatic rings. The van der Waals surface area contributed by atoms with Gasteiger partial charge in [-0.1, -0.05) is 0 Å². The van der Waals surface area contributed by atoms with E-state index in [0.29, 0.717) is 26.2 Å². The molecule has 0 saturated carbocycles. The van der Waals surface area contributed by atoms with E-state index in [1.807, 2.05) is 0 Å². The first-order valence-corrected chi connectivity index (χ1v) is 3.56. The highest BCUT2D eigenvalue weighted by Crippen LogP contribution is 1.98. The number of amides is 1. The van der Waals surface area contributed by atoms with Crippen molar-refractivity contribution in [2.45, 2.75) is 0 Å². The van der Waals surface area contributed by atoms with Crippen molar-refractivity contribution in [1.29, 1.82) is 0 Å². The van der Waals surface area contributed by atoms with Gasteiger partial charge in [0.25, 0.3) is 0 Å². The fourth-order valence-corrected chi connectivity index (χ4v) is 1.05. The van der Waals surface area contributed by atoms with E-state index in [-0.39, 0.29) is 5.91 Å². The Morgan fingerprint density at radius 2 is 1.82 bits per heavy atom. The molecule has 1 aliphatic rings. The molecule has 0 aromatic heterocycles. The summed E-state index contributed by atoms with van der Waals surface area (Å²) in [7, 11) is 0. The highest BCUT2D eigenvalue weighted by atomic mass is 16.5. The molecule has 0 bridgehead atoms. The minimum absolute atomic E-state index is 0.266. The zero-order chi connectivity index (χ0) is 8.27. The summed E-state index contributed by atoms with van der Waals surface area (Å²) in [5.41, 5.74) is 0. The van der Waals surface area contributed by atoms with E-state index in [2.05, 4.69) is 0 Å². The van der Waals surface area contributed by atoms with Gasteiger partial charge >= 0.3 is 0 Å². The number of hydrogen-bond donors (Lipinski definition) is 2. The second-order valence-electron chi connectivity index (χ2n) is 2.49. The summed E-state index contributed by atoms with van der Waals surface area (Å²) in [5, 5.41) is 18.6. The summed E-state index contributed by atoms with van der Waals surface area (Å²) in [6.07, 6.45) is 0. The number of rotatable bonds is 1. The van der Waals surface area contributed by atoms with Crippen LogP contribution in [0.5, 0.6) is 0 Å². The minimum Gasteiger partial charge on any atom is -0.387 e. The topological polar surface area (TPSA) is 64.0 Å². The zero-order valence-corrected chi connectivity index (χ0v) is 6.23. The fraction of sp³-hybridized carbons (Fsp3) is 0.833. The Morgan fingerprint density at radius 3 is 2.27 bits per heavy atom. The zero-order valence-electron chi connectivity index (χ0n) is 6.23. The Kier molecular flexibility index (Phi) is 2.81. The predicted octanol–water partition coefficient (Wildman–Crippen LogP) is -1.49. The number of hydroxylamine groups is 2. The lowest BCUT2D eigenvalue weighted by molar-refractivity contribution is -0.148.